The normalized spacial score (nSPS) is 15.9. The van der Waals surface area contributed by atoms with E-state index in [0.717, 1.165) is 35.7 Å². The molecule has 2 heterocycles. The molecule has 0 unspecified atom stereocenters. The van der Waals surface area contributed by atoms with E-state index in [1.807, 2.05) is 24.3 Å². The lowest BCUT2D eigenvalue weighted by Gasteiger charge is -2.29. The van der Waals surface area contributed by atoms with E-state index in [4.69, 9.17) is 5.11 Å². The van der Waals surface area contributed by atoms with Crippen molar-refractivity contribution in [2.75, 3.05) is 18.1 Å². The molecule has 27 heavy (non-hydrogen) atoms. The number of amides is 1. The molecule has 0 saturated carbocycles. The average Bonchev–Trinajstić information content (AvgIpc) is 2.65. The zero-order valence-corrected chi connectivity index (χ0v) is 16.2. The first-order valence-corrected chi connectivity index (χ1v) is 10.4. The summed E-state index contributed by atoms with van der Waals surface area (Å²) in [4.78, 5) is 40.9. The molecule has 1 fully saturated rings. The van der Waals surface area contributed by atoms with Crippen molar-refractivity contribution in [1.82, 2.24) is 9.88 Å². The molecule has 1 aromatic heterocycles. The molecule has 0 aromatic carbocycles. The number of hydrogen-bond donors (Lipinski definition) is 1. The van der Waals surface area contributed by atoms with Crippen molar-refractivity contribution < 1.29 is 19.5 Å². The quantitative estimate of drug-likeness (QED) is 0.584. The van der Waals surface area contributed by atoms with Crippen LogP contribution in [0.4, 0.5) is 0 Å². The number of pyridine rings is 1. The van der Waals surface area contributed by atoms with Crippen LogP contribution in [0.2, 0.25) is 0 Å². The number of piperidine rings is 1. The van der Waals surface area contributed by atoms with Gasteiger partial charge in [0.15, 0.2) is 0 Å². The molecular formula is C20H26N2O4S. The van der Waals surface area contributed by atoms with E-state index in [1.165, 1.54) is 0 Å². The van der Waals surface area contributed by atoms with Gasteiger partial charge in [0.05, 0.1) is 0 Å². The molecule has 1 N–H and O–H groups in total. The minimum atomic E-state index is -0.776. The predicted octanol–water partition coefficient (Wildman–Crippen LogP) is 3.08. The Morgan fingerprint density at radius 3 is 2.85 bits per heavy atom. The first kappa shape index (κ1) is 21.2. The SMILES string of the molecule is O=C(O)CCCSCCN1C(=O)CCCC1=CCC(=O)Cc1ccccn1. The van der Waals surface area contributed by atoms with Crippen LogP contribution in [-0.4, -0.2) is 50.7 Å². The highest BCUT2D eigenvalue weighted by molar-refractivity contribution is 7.99. The van der Waals surface area contributed by atoms with Crippen LogP contribution < -0.4 is 0 Å². The van der Waals surface area contributed by atoms with Crippen LogP contribution in [0, 0.1) is 0 Å². The molecule has 1 aliphatic rings. The molecule has 1 amide bonds. The number of allylic oxidation sites excluding steroid dienone is 2. The van der Waals surface area contributed by atoms with E-state index in [9.17, 15) is 14.4 Å². The van der Waals surface area contributed by atoms with Gasteiger partial charge in [0.25, 0.3) is 0 Å². The number of aliphatic carboxylic acids is 1. The van der Waals surface area contributed by atoms with Gasteiger partial charge in [0.1, 0.15) is 5.78 Å². The number of carboxylic acids is 1. The standard InChI is InChI=1S/C20H26N2O4S/c23-18(15-16-5-1-2-11-21-16)10-9-17-6-3-7-19(24)22(17)12-14-27-13-4-8-20(25)26/h1-2,5,9,11H,3-4,6-8,10,12-15H2,(H,25,26). The zero-order valence-electron chi connectivity index (χ0n) is 15.4. The molecule has 0 aliphatic carbocycles. The fourth-order valence-corrected chi connectivity index (χ4v) is 3.79. The van der Waals surface area contributed by atoms with Gasteiger partial charge in [0.2, 0.25) is 5.91 Å². The maximum absolute atomic E-state index is 12.3. The first-order valence-electron chi connectivity index (χ1n) is 9.27. The van der Waals surface area contributed by atoms with Gasteiger partial charge < -0.3 is 10.0 Å². The lowest BCUT2D eigenvalue weighted by molar-refractivity contribution is -0.137. The Hall–Kier alpha value is -2.15. The van der Waals surface area contributed by atoms with Crippen molar-refractivity contribution in [1.29, 1.82) is 0 Å². The topological polar surface area (TPSA) is 87.6 Å². The summed E-state index contributed by atoms with van der Waals surface area (Å²) in [5, 5.41) is 8.64. The zero-order chi connectivity index (χ0) is 19.5. The molecule has 0 spiro atoms. The molecular weight excluding hydrogens is 364 g/mol. The number of rotatable bonds is 11. The second-order valence-corrected chi connectivity index (χ2v) is 7.67. The van der Waals surface area contributed by atoms with E-state index in [2.05, 4.69) is 4.98 Å². The summed E-state index contributed by atoms with van der Waals surface area (Å²) in [6.07, 6.45) is 7.17. The van der Waals surface area contributed by atoms with Crippen LogP contribution in [0.15, 0.2) is 36.2 Å². The summed E-state index contributed by atoms with van der Waals surface area (Å²) in [7, 11) is 0. The average molecular weight is 391 g/mol. The number of Topliss-reactive ketones (excluding diaryl/α,β-unsaturated/α-hetero) is 1. The lowest BCUT2D eigenvalue weighted by Crippen LogP contribution is -2.35. The number of carboxylic acid groups (broad SMARTS) is 1. The minimum Gasteiger partial charge on any atom is -0.481 e. The smallest absolute Gasteiger partial charge is 0.303 e. The molecule has 6 nitrogen and oxygen atoms in total. The van der Waals surface area contributed by atoms with Gasteiger partial charge in [-0.15, -0.1) is 0 Å². The fourth-order valence-electron chi connectivity index (χ4n) is 2.92. The van der Waals surface area contributed by atoms with Gasteiger partial charge in [-0.25, -0.2) is 0 Å². The Bertz CT molecular complexity index is 676. The second-order valence-electron chi connectivity index (χ2n) is 6.44. The van der Waals surface area contributed by atoms with E-state index in [1.54, 1.807) is 22.9 Å². The number of hydrogen-bond acceptors (Lipinski definition) is 5. The van der Waals surface area contributed by atoms with Crippen LogP contribution >= 0.6 is 11.8 Å². The maximum atomic E-state index is 12.3. The Morgan fingerprint density at radius 2 is 2.11 bits per heavy atom. The van der Waals surface area contributed by atoms with E-state index < -0.39 is 5.97 Å². The molecule has 1 aliphatic heterocycles. The third-order valence-corrected chi connectivity index (χ3v) is 5.33. The van der Waals surface area contributed by atoms with E-state index in [-0.39, 0.29) is 18.1 Å². The van der Waals surface area contributed by atoms with Crippen molar-refractivity contribution in [3.05, 3.63) is 41.9 Å². The van der Waals surface area contributed by atoms with Crippen molar-refractivity contribution >= 4 is 29.4 Å². The van der Waals surface area contributed by atoms with Crippen molar-refractivity contribution in [2.45, 2.75) is 44.9 Å². The molecule has 146 valence electrons. The number of likely N-dealkylation sites (tertiary alicyclic amines) is 1. The number of carbonyl (C=O) groups is 3. The number of ketones is 1. The van der Waals surface area contributed by atoms with Gasteiger partial charge >= 0.3 is 5.97 Å². The van der Waals surface area contributed by atoms with Crippen LogP contribution in [0.1, 0.15) is 44.2 Å². The van der Waals surface area contributed by atoms with Gasteiger partial charge in [-0.05, 0) is 37.1 Å². The second kappa shape index (κ2) is 11.5. The highest BCUT2D eigenvalue weighted by Gasteiger charge is 2.22. The van der Waals surface area contributed by atoms with Crippen molar-refractivity contribution in [3.63, 3.8) is 0 Å². The number of thioether (sulfide) groups is 1. The summed E-state index contributed by atoms with van der Waals surface area (Å²) in [5.74, 6) is 0.959. The minimum absolute atomic E-state index is 0.0854. The first-order chi connectivity index (χ1) is 13.1. The van der Waals surface area contributed by atoms with Crippen LogP contribution in [0.25, 0.3) is 0 Å². The summed E-state index contributed by atoms with van der Waals surface area (Å²) >= 11 is 1.66. The van der Waals surface area contributed by atoms with E-state index >= 15 is 0 Å². The van der Waals surface area contributed by atoms with Crippen LogP contribution in [0.3, 0.4) is 0 Å². The number of aromatic nitrogens is 1. The molecule has 0 atom stereocenters. The fraction of sp³-hybridized carbons (Fsp3) is 0.500. The van der Waals surface area contributed by atoms with Gasteiger partial charge in [-0.2, -0.15) is 11.8 Å². The molecule has 0 bridgehead atoms. The third kappa shape index (κ3) is 7.95. The van der Waals surface area contributed by atoms with Crippen LogP contribution in [-0.2, 0) is 20.8 Å². The largest absolute Gasteiger partial charge is 0.481 e. The summed E-state index contributed by atoms with van der Waals surface area (Å²) < 4.78 is 0. The Morgan fingerprint density at radius 1 is 1.26 bits per heavy atom. The van der Waals surface area contributed by atoms with Crippen molar-refractivity contribution in [3.8, 4) is 0 Å². The summed E-state index contributed by atoms with van der Waals surface area (Å²) in [5.41, 5.74) is 1.70. The molecule has 0 radical (unpaired) electrons. The highest BCUT2D eigenvalue weighted by atomic mass is 32.2. The predicted molar refractivity (Wildman–Crippen MR) is 105 cm³/mol. The molecule has 1 saturated heterocycles. The molecule has 2 rings (SSSR count). The third-order valence-electron chi connectivity index (χ3n) is 4.28. The summed E-state index contributed by atoms with van der Waals surface area (Å²) in [6, 6.07) is 5.52. The number of nitrogens with zero attached hydrogens (tertiary/aromatic N) is 2. The van der Waals surface area contributed by atoms with Gasteiger partial charge in [0, 0.05) is 55.6 Å². The maximum Gasteiger partial charge on any atom is 0.303 e. The van der Waals surface area contributed by atoms with Gasteiger partial charge in [-0.3, -0.25) is 19.4 Å². The Balaban J connectivity index is 1.81. The molecule has 7 heteroatoms. The van der Waals surface area contributed by atoms with Crippen LogP contribution in [0.5, 0.6) is 0 Å². The Labute approximate surface area is 164 Å². The Kier molecular flexibility index (Phi) is 9.04. The van der Waals surface area contributed by atoms with Gasteiger partial charge in [-0.1, -0.05) is 12.1 Å². The summed E-state index contributed by atoms with van der Waals surface area (Å²) in [6.45, 7) is 0.608. The van der Waals surface area contributed by atoms with E-state index in [0.29, 0.717) is 32.2 Å². The monoisotopic (exact) mass is 390 g/mol. The highest BCUT2D eigenvalue weighted by Crippen LogP contribution is 2.23. The van der Waals surface area contributed by atoms with Crippen molar-refractivity contribution in [2.24, 2.45) is 0 Å². The molecule has 1 aromatic rings. The lowest BCUT2D eigenvalue weighted by atomic mass is 10.0. The number of carbonyl (C=O) groups excluding carboxylic acids is 2.